The summed E-state index contributed by atoms with van der Waals surface area (Å²) in [5.74, 6) is -1.03. The fourth-order valence-corrected chi connectivity index (χ4v) is 2.87. The first-order chi connectivity index (χ1) is 13.2. The molecule has 1 heterocycles. The van der Waals surface area contributed by atoms with E-state index in [9.17, 15) is 10.2 Å². The van der Waals surface area contributed by atoms with E-state index in [2.05, 4.69) is 0 Å². The Bertz CT molecular complexity index is 951. The largest absolute Gasteiger partial charge is 0.492 e. The van der Waals surface area contributed by atoms with Gasteiger partial charge >= 0.3 is 0 Å². The van der Waals surface area contributed by atoms with Gasteiger partial charge in [0.2, 0.25) is 0 Å². The number of benzene rings is 2. The van der Waals surface area contributed by atoms with E-state index in [1.165, 1.54) is 6.26 Å². The van der Waals surface area contributed by atoms with Gasteiger partial charge in [-0.3, -0.25) is 9.59 Å². The summed E-state index contributed by atoms with van der Waals surface area (Å²) in [5.41, 5.74) is 3.05. The number of fused-ring (bicyclic) bond motifs is 2. The van der Waals surface area contributed by atoms with E-state index in [0.717, 1.165) is 41.1 Å². The Balaban J connectivity index is 0.000000420. The minimum atomic E-state index is -0.833. The van der Waals surface area contributed by atoms with Crippen molar-refractivity contribution in [3.05, 3.63) is 41.2 Å². The smallest absolute Gasteiger partial charge is 0.300 e. The van der Waals surface area contributed by atoms with E-state index >= 15 is 0 Å². The van der Waals surface area contributed by atoms with Crippen LogP contribution in [0.2, 0.25) is 0 Å². The number of aryl methyl sites for hydroxylation is 1. The Morgan fingerprint density at radius 2 is 1.61 bits per heavy atom. The van der Waals surface area contributed by atoms with Crippen LogP contribution in [-0.2, 0) is 22.8 Å². The number of aliphatic hydroxyl groups is 2. The van der Waals surface area contributed by atoms with Gasteiger partial charge in [0.05, 0.1) is 26.6 Å². The molecule has 0 amide bonds. The molecule has 0 radical (unpaired) electrons. The molecule has 152 valence electrons. The molecule has 0 aliphatic rings. The molecule has 0 aliphatic carbocycles. The van der Waals surface area contributed by atoms with Gasteiger partial charge in [-0.05, 0) is 23.4 Å². The van der Waals surface area contributed by atoms with Gasteiger partial charge in [-0.2, -0.15) is 0 Å². The van der Waals surface area contributed by atoms with Crippen LogP contribution in [0.25, 0.3) is 21.7 Å². The molecular formula is C20H24O8. The van der Waals surface area contributed by atoms with Crippen LogP contribution in [0.4, 0.5) is 0 Å². The molecule has 0 atom stereocenters. The number of carbonyl (C=O) groups is 2. The number of hydrogen-bond donors (Lipinski definition) is 4. The van der Waals surface area contributed by atoms with Gasteiger partial charge in [0, 0.05) is 30.2 Å². The highest BCUT2D eigenvalue weighted by Crippen LogP contribution is 2.41. The maximum absolute atomic E-state index is 9.80. The molecule has 2 aromatic carbocycles. The summed E-state index contributed by atoms with van der Waals surface area (Å²) >= 11 is 0. The maximum atomic E-state index is 9.80. The molecule has 8 heteroatoms. The molecule has 3 rings (SSSR count). The summed E-state index contributed by atoms with van der Waals surface area (Å²) in [6, 6.07) is 5.88. The Hall–Kier alpha value is -3.10. The molecule has 4 N–H and O–H groups in total. The van der Waals surface area contributed by atoms with Crippen molar-refractivity contribution in [1.29, 1.82) is 0 Å². The molecule has 0 bridgehead atoms. The third-order valence-corrected chi connectivity index (χ3v) is 3.73. The van der Waals surface area contributed by atoms with E-state index in [0.29, 0.717) is 16.9 Å². The van der Waals surface area contributed by atoms with Gasteiger partial charge in [-0.25, -0.2) is 0 Å². The highest BCUT2D eigenvalue weighted by molar-refractivity contribution is 6.08. The lowest BCUT2D eigenvalue weighted by Crippen LogP contribution is -1.96. The first kappa shape index (κ1) is 22.9. The molecule has 1 aromatic heterocycles. The van der Waals surface area contributed by atoms with Crippen LogP contribution in [0.15, 0.2) is 28.9 Å². The molecule has 8 nitrogen and oxygen atoms in total. The highest BCUT2D eigenvalue weighted by atomic mass is 16.5. The van der Waals surface area contributed by atoms with Gasteiger partial charge in [0.25, 0.3) is 11.9 Å². The van der Waals surface area contributed by atoms with Gasteiger partial charge < -0.3 is 29.6 Å². The van der Waals surface area contributed by atoms with E-state index in [4.69, 9.17) is 29.0 Å². The fraction of sp³-hybridized carbons (Fsp3) is 0.300. The molecular weight excluding hydrogens is 368 g/mol. The lowest BCUT2D eigenvalue weighted by molar-refractivity contribution is -0.135. The standard InChI is InChI=1S/C16H16O4.2C2H4O2/c1-9-4-3-5-11-13(9)12(7-18)14-10(6-17)8-20-16(14)15(11)19-2;2*1-2(3)4/h3-5,8,17-18H,6-7H2,1-2H3;2*1H3,(H,3,4). The number of carboxylic acids is 2. The molecule has 0 spiro atoms. The van der Waals surface area contributed by atoms with Crippen LogP contribution < -0.4 is 4.74 Å². The van der Waals surface area contributed by atoms with E-state index in [1.54, 1.807) is 7.11 Å². The lowest BCUT2D eigenvalue weighted by atomic mass is 9.95. The van der Waals surface area contributed by atoms with Crippen molar-refractivity contribution in [1.82, 2.24) is 0 Å². The zero-order valence-corrected chi connectivity index (χ0v) is 16.1. The predicted octanol–water partition coefficient (Wildman–Crippen LogP) is 3.07. The maximum Gasteiger partial charge on any atom is 0.300 e. The second kappa shape index (κ2) is 10.3. The average Bonchev–Trinajstić information content (AvgIpc) is 3.03. The number of ether oxygens (including phenoxy) is 1. The average molecular weight is 392 g/mol. The van der Waals surface area contributed by atoms with Gasteiger partial charge in [0.15, 0.2) is 11.3 Å². The normalized spacial score (nSPS) is 9.93. The van der Waals surface area contributed by atoms with Crippen molar-refractivity contribution in [2.24, 2.45) is 0 Å². The summed E-state index contributed by atoms with van der Waals surface area (Å²) in [6.45, 7) is 3.90. The minimum Gasteiger partial charge on any atom is -0.492 e. The number of furan rings is 1. The Labute approximate surface area is 161 Å². The quantitative estimate of drug-likeness (QED) is 0.534. The first-order valence-corrected chi connectivity index (χ1v) is 8.28. The minimum absolute atomic E-state index is 0.117. The number of hydrogen-bond acceptors (Lipinski definition) is 6. The Morgan fingerprint density at radius 1 is 1.04 bits per heavy atom. The van der Waals surface area contributed by atoms with Crippen molar-refractivity contribution in [2.75, 3.05) is 7.11 Å². The van der Waals surface area contributed by atoms with Crippen LogP contribution in [0.1, 0.15) is 30.5 Å². The van der Waals surface area contributed by atoms with Crippen molar-refractivity contribution in [3.8, 4) is 5.75 Å². The van der Waals surface area contributed by atoms with Gasteiger partial charge in [-0.15, -0.1) is 0 Å². The van der Waals surface area contributed by atoms with Crippen molar-refractivity contribution >= 4 is 33.7 Å². The Kier molecular flexibility index (Phi) is 8.43. The monoisotopic (exact) mass is 392 g/mol. The second-order valence-electron chi connectivity index (χ2n) is 5.83. The number of aliphatic carboxylic acids is 2. The zero-order valence-electron chi connectivity index (χ0n) is 16.1. The predicted molar refractivity (Wildman–Crippen MR) is 103 cm³/mol. The van der Waals surface area contributed by atoms with Crippen molar-refractivity contribution < 1.29 is 39.2 Å². The SMILES string of the molecule is CC(=O)O.CC(=O)O.COc1c2cccc(C)c2c(CO)c2c(CO)coc12. The summed E-state index contributed by atoms with van der Waals surface area (Å²) in [5, 5.41) is 36.7. The highest BCUT2D eigenvalue weighted by Gasteiger charge is 2.20. The molecule has 28 heavy (non-hydrogen) atoms. The lowest BCUT2D eigenvalue weighted by Gasteiger charge is -2.13. The van der Waals surface area contributed by atoms with Gasteiger partial charge in [-0.1, -0.05) is 18.2 Å². The van der Waals surface area contributed by atoms with Crippen LogP contribution in [0.5, 0.6) is 5.75 Å². The molecule has 3 aromatic rings. The Morgan fingerprint density at radius 3 is 2.07 bits per heavy atom. The molecule has 0 fully saturated rings. The molecule has 0 unspecified atom stereocenters. The van der Waals surface area contributed by atoms with Crippen LogP contribution in [0, 0.1) is 6.92 Å². The fourth-order valence-electron chi connectivity index (χ4n) is 2.87. The van der Waals surface area contributed by atoms with E-state index < -0.39 is 11.9 Å². The van der Waals surface area contributed by atoms with Crippen LogP contribution in [0.3, 0.4) is 0 Å². The van der Waals surface area contributed by atoms with Crippen LogP contribution in [-0.4, -0.2) is 39.5 Å². The molecule has 0 aliphatic heterocycles. The number of methoxy groups -OCH3 is 1. The topological polar surface area (TPSA) is 137 Å². The third-order valence-electron chi connectivity index (χ3n) is 3.73. The summed E-state index contributed by atoms with van der Waals surface area (Å²) in [4.78, 5) is 18.0. The van der Waals surface area contributed by atoms with Crippen molar-refractivity contribution in [3.63, 3.8) is 0 Å². The van der Waals surface area contributed by atoms with Crippen LogP contribution >= 0.6 is 0 Å². The summed E-state index contributed by atoms with van der Waals surface area (Å²) < 4.78 is 11.1. The van der Waals surface area contributed by atoms with E-state index in [-0.39, 0.29) is 13.2 Å². The van der Waals surface area contributed by atoms with Gasteiger partial charge in [0.1, 0.15) is 0 Å². The molecule has 0 saturated carbocycles. The summed E-state index contributed by atoms with van der Waals surface area (Å²) in [7, 11) is 1.59. The number of rotatable bonds is 3. The molecule has 0 saturated heterocycles. The third kappa shape index (κ3) is 5.21. The second-order valence-corrected chi connectivity index (χ2v) is 5.83. The number of carboxylic acid groups (broad SMARTS) is 2. The first-order valence-electron chi connectivity index (χ1n) is 8.28. The number of aliphatic hydroxyl groups excluding tert-OH is 2. The summed E-state index contributed by atoms with van der Waals surface area (Å²) in [6.07, 6.45) is 1.51. The van der Waals surface area contributed by atoms with E-state index in [1.807, 2.05) is 25.1 Å². The zero-order chi connectivity index (χ0) is 21.4. The van der Waals surface area contributed by atoms with Crippen molar-refractivity contribution in [2.45, 2.75) is 34.0 Å².